The summed E-state index contributed by atoms with van der Waals surface area (Å²) in [5.74, 6) is 0.834. The molecule has 1 aromatic heterocycles. The third-order valence-corrected chi connectivity index (χ3v) is 5.62. The molecule has 144 valence electrons. The van der Waals surface area contributed by atoms with Crippen molar-refractivity contribution >= 4 is 22.6 Å². The fraction of sp³-hybridized carbons (Fsp3) is 0.455. The average molecular weight is 386 g/mol. The molecular formula is C22H28ClN3O. The molecule has 0 bridgehead atoms. The Morgan fingerprint density at radius 3 is 2.48 bits per heavy atom. The Balaban J connectivity index is 2.16. The van der Waals surface area contributed by atoms with Gasteiger partial charge in [-0.25, -0.2) is 0 Å². The van der Waals surface area contributed by atoms with Gasteiger partial charge in [0.05, 0.1) is 0 Å². The number of rotatable bonds is 6. The highest BCUT2D eigenvalue weighted by Crippen LogP contribution is 2.36. The van der Waals surface area contributed by atoms with Crippen LogP contribution < -0.4 is 0 Å². The van der Waals surface area contributed by atoms with Crippen LogP contribution in [0.15, 0.2) is 30.3 Å². The minimum Gasteiger partial charge on any atom is -0.505 e. The summed E-state index contributed by atoms with van der Waals surface area (Å²) in [4.78, 5) is 1.53. The summed E-state index contributed by atoms with van der Waals surface area (Å²) in [5, 5.41) is 20.7. The van der Waals surface area contributed by atoms with Crippen molar-refractivity contribution in [3.8, 4) is 11.4 Å². The van der Waals surface area contributed by atoms with Crippen molar-refractivity contribution in [3.05, 3.63) is 46.5 Å². The minimum absolute atomic E-state index is 0.00488. The second kappa shape index (κ2) is 7.51. The molecule has 5 heteroatoms. The van der Waals surface area contributed by atoms with Gasteiger partial charge in [-0.15, -0.1) is 15.0 Å². The second-order valence-electron chi connectivity index (χ2n) is 8.30. The Morgan fingerprint density at radius 1 is 1.11 bits per heavy atom. The minimum atomic E-state index is 0.00488. The van der Waals surface area contributed by atoms with Crippen molar-refractivity contribution in [2.45, 2.75) is 59.3 Å². The van der Waals surface area contributed by atoms with Gasteiger partial charge < -0.3 is 5.11 Å². The molecule has 27 heavy (non-hydrogen) atoms. The number of aromatic nitrogens is 3. The molecule has 3 rings (SSSR count). The fourth-order valence-electron chi connectivity index (χ4n) is 3.06. The standard InChI is InChI=1S/C22H28ClN3O/c1-6-22(4,5)16-11-15(8-7-14(2)3)21(27)20(12-16)26-24-18-10-9-17(23)13-19(18)25-26/h9-14,27H,6-8H2,1-5H3. The Labute approximate surface area is 166 Å². The third-order valence-electron chi connectivity index (χ3n) is 5.38. The summed E-state index contributed by atoms with van der Waals surface area (Å²) in [6.07, 6.45) is 2.86. The van der Waals surface area contributed by atoms with E-state index in [1.165, 1.54) is 10.4 Å². The van der Waals surface area contributed by atoms with Gasteiger partial charge in [0.25, 0.3) is 0 Å². The number of benzene rings is 2. The van der Waals surface area contributed by atoms with Crippen LogP contribution in [-0.4, -0.2) is 20.1 Å². The highest BCUT2D eigenvalue weighted by Gasteiger charge is 2.23. The molecule has 0 amide bonds. The molecule has 1 N–H and O–H groups in total. The van der Waals surface area contributed by atoms with Crippen molar-refractivity contribution in [3.63, 3.8) is 0 Å². The van der Waals surface area contributed by atoms with Crippen LogP contribution in [0.4, 0.5) is 0 Å². The maximum atomic E-state index is 11.0. The Kier molecular flexibility index (Phi) is 5.48. The largest absolute Gasteiger partial charge is 0.505 e. The van der Waals surface area contributed by atoms with E-state index in [2.05, 4.69) is 50.9 Å². The number of fused-ring (bicyclic) bond motifs is 1. The zero-order valence-electron chi connectivity index (χ0n) is 16.8. The van der Waals surface area contributed by atoms with Crippen molar-refractivity contribution in [2.75, 3.05) is 0 Å². The maximum absolute atomic E-state index is 11.0. The van der Waals surface area contributed by atoms with Gasteiger partial charge in [-0.1, -0.05) is 52.3 Å². The van der Waals surface area contributed by atoms with Crippen LogP contribution in [0, 0.1) is 5.92 Å². The van der Waals surface area contributed by atoms with E-state index >= 15 is 0 Å². The number of aromatic hydroxyl groups is 1. The molecule has 0 saturated heterocycles. The summed E-state index contributed by atoms with van der Waals surface area (Å²) in [6, 6.07) is 9.59. The SMILES string of the molecule is CCC(C)(C)c1cc(CCC(C)C)c(O)c(-n2nc3ccc(Cl)cc3n2)c1. The van der Waals surface area contributed by atoms with Gasteiger partial charge in [-0.05, 0) is 66.0 Å². The fourth-order valence-corrected chi connectivity index (χ4v) is 3.22. The van der Waals surface area contributed by atoms with Crippen molar-refractivity contribution in [1.29, 1.82) is 0 Å². The van der Waals surface area contributed by atoms with E-state index < -0.39 is 0 Å². The second-order valence-corrected chi connectivity index (χ2v) is 8.73. The molecule has 0 fully saturated rings. The van der Waals surface area contributed by atoms with Gasteiger partial charge in [-0.3, -0.25) is 0 Å². The zero-order valence-corrected chi connectivity index (χ0v) is 17.5. The molecule has 0 aliphatic heterocycles. The number of hydrogen-bond donors (Lipinski definition) is 1. The molecule has 1 heterocycles. The van der Waals surface area contributed by atoms with Gasteiger partial charge in [0, 0.05) is 5.02 Å². The highest BCUT2D eigenvalue weighted by molar-refractivity contribution is 6.31. The lowest BCUT2D eigenvalue weighted by Gasteiger charge is -2.25. The van der Waals surface area contributed by atoms with E-state index in [-0.39, 0.29) is 11.2 Å². The highest BCUT2D eigenvalue weighted by atomic mass is 35.5. The van der Waals surface area contributed by atoms with Gasteiger partial charge >= 0.3 is 0 Å². The van der Waals surface area contributed by atoms with Crippen LogP contribution in [-0.2, 0) is 11.8 Å². The number of hydrogen-bond acceptors (Lipinski definition) is 3. The molecule has 0 saturated carbocycles. The molecule has 0 aliphatic carbocycles. The van der Waals surface area contributed by atoms with Gasteiger partial charge in [0.1, 0.15) is 22.5 Å². The van der Waals surface area contributed by atoms with Gasteiger partial charge in [0.2, 0.25) is 0 Å². The van der Waals surface area contributed by atoms with E-state index in [0.29, 0.717) is 22.1 Å². The number of nitrogens with zero attached hydrogens (tertiary/aromatic N) is 3. The van der Waals surface area contributed by atoms with E-state index in [9.17, 15) is 5.11 Å². The lowest BCUT2D eigenvalue weighted by molar-refractivity contribution is 0.452. The molecule has 0 radical (unpaired) electrons. The summed E-state index contributed by atoms with van der Waals surface area (Å²) < 4.78 is 0. The summed E-state index contributed by atoms with van der Waals surface area (Å²) in [6.45, 7) is 11.0. The molecule has 3 aromatic rings. The number of phenolic OH excluding ortho intramolecular Hbond substituents is 1. The first-order valence-corrected chi connectivity index (χ1v) is 9.98. The molecule has 0 spiro atoms. The predicted molar refractivity (Wildman–Crippen MR) is 112 cm³/mol. The number of halogens is 1. The molecular weight excluding hydrogens is 358 g/mol. The van der Waals surface area contributed by atoms with Crippen LogP contribution >= 0.6 is 11.6 Å². The van der Waals surface area contributed by atoms with E-state index in [1.807, 2.05) is 12.1 Å². The smallest absolute Gasteiger partial charge is 0.146 e. The molecule has 0 atom stereocenters. The number of aryl methyl sites for hydroxylation is 1. The Bertz CT molecular complexity index is 960. The quantitative estimate of drug-likeness (QED) is 0.561. The monoisotopic (exact) mass is 385 g/mol. The molecule has 4 nitrogen and oxygen atoms in total. The van der Waals surface area contributed by atoms with Gasteiger partial charge in [0.15, 0.2) is 0 Å². The molecule has 2 aromatic carbocycles. The van der Waals surface area contributed by atoms with Crippen LogP contribution in [0.5, 0.6) is 5.75 Å². The van der Waals surface area contributed by atoms with E-state index in [4.69, 9.17) is 11.6 Å². The third kappa shape index (κ3) is 4.11. The maximum Gasteiger partial charge on any atom is 0.146 e. The van der Waals surface area contributed by atoms with Crippen LogP contribution in [0.25, 0.3) is 16.7 Å². The average Bonchev–Trinajstić information content (AvgIpc) is 3.03. The van der Waals surface area contributed by atoms with E-state index in [0.717, 1.165) is 30.3 Å². The predicted octanol–water partition coefficient (Wildman–Crippen LogP) is 6.06. The van der Waals surface area contributed by atoms with Crippen molar-refractivity contribution in [2.24, 2.45) is 5.92 Å². The van der Waals surface area contributed by atoms with E-state index in [1.54, 1.807) is 12.1 Å². The normalized spacial score (nSPS) is 12.3. The van der Waals surface area contributed by atoms with Crippen LogP contribution in [0.2, 0.25) is 5.02 Å². The van der Waals surface area contributed by atoms with Crippen LogP contribution in [0.3, 0.4) is 0 Å². The molecule has 0 unspecified atom stereocenters. The first-order valence-electron chi connectivity index (χ1n) is 9.60. The first-order chi connectivity index (χ1) is 12.7. The first kappa shape index (κ1) is 19.7. The lowest BCUT2D eigenvalue weighted by atomic mass is 9.80. The Morgan fingerprint density at radius 2 is 1.81 bits per heavy atom. The number of phenols is 1. The van der Waals surface area contributed by atoms with Gasteiger partial charge in [-0.2, -0.15) is 0 Å². The Hall–Kier alpha value is -2.07. The van der Waals surface area contributed by atoms with Crippen LogP contribution in [0.1, 0.15) is 58.6 Å². The lowest BCUT2D eigenvalue weighted by Crippen LogP contribution is -2.17. The van der Waals surface area contributed by atoms with Crippen molar-refractivity contribution < 1.29 is 5.11 Å². The molecule has 0 aliphatic rings. The summed E-state index contributed by atoms with van der Waals surface area (Å²) in [7, 11) is 0. The summed E-state index contributed by atoms with van der Waals surface area (Å²) >= 11 is 6.08. The topological polar surface area (TPSA) is 50.9 Å². The summed E-state index contributed by atoms with van der Waals surface area (Å²) in [5.41, 5.74) is 4.24. The zero-order chi connectivity index (χ0) is 19.8. The van der Waals surface area contributed by atoms with Crippen molar-refractivity contribution in [1.82, 2.24) is 15.0 Å².